The SMILES string of the molecule is O=C(O)c1coc(CN2CCCC2)n1.[KH]. The van der Waals surface area contributed by atoms with Crippen LogP contribution in [0.1, 0.15) is 29.2 Å². The number of hydrogen-bond donors (Lipinski definition) is 1. The zero-order valence-electron chi connectivity index (χ0n) is 7.77. The van der Waals surface area contributed by atoms with Gasteiger partial charge in [-0.15, -0.1) is 0 Å². The first-order valence-corrected chi connectivity index (χ1v) is 4.66. The molecule has 1 aromatic heterocycles. The van der Waals surface area contributed by atoms with Gasteiger partial charge in [0.2, 0.25) is 5.89 Å². The van der Waals surface area contributed by atoms with E-state index in [1.165, 1.54) is 19.1 Å². The summed E-state index contributed by atoms with van der Waals surface area (Å²) < 4.78 is 5.05. The molecule has 6 heteroatoms. The third-order valence-electron chi connectivity index (χ3n) is 2.33. The van der Waals surface area contributed by atoms with E-state index < -0.39 is 5.97 Å². The number of carbonyl (C=O) groups is 1. The van der Waals surface area contributed by atoms with E-state index in [0.29, 0.717) is 12.4 Å². The molecule has 1 aromatic rings. The van der Waals surface area contributed by atoms with Gasteiger partial charge in [0.1, 0.15) is 6.26 Å². The van der Waals surface area contributed by atoms with Crippen molar-refractivity contribution in [3.05, 3.63) is 17.8 Å². The third-order valence-corrected chi connectivity index (χ3v) is 2.33. The second-order valence-corrected chi connectivity index (χ2v) is 3.41. The molecule has 0 aliphatic carbocycles. The van der Waals surface area contributed by atoms with Crippen molar-refractivity contribution in [2.24, 2.45) is 0 Å². The molecule has 0 bridgehead atoms. The van der Waals surface area contributed by atoms with Crippen LogP contribution in [0.3, 0.4) is 0 Å². The van der Waals surface area contributed by atoms with Crippen molar-refractivity contribution in [3.63, 3.8) is 0 Å². The summed E-state index contributed by atoms with van der Waals surface area (Å²) >= 11 is 0. The molecule has 0 saturated carbocycles. The van der Waals surface area contributed by atoms with E-state index in [0.717, 1.165) is 13.1 Å². The number of likely N-dealkylation sites (tertiary alicyclic amines) is 1. The van der Waals surface area contributed by atoms with Crippen molar-refractivity contribution in [3.8, 4) is 0 Å². The summed E-state index contributed by atoms with van der Waals surface area (Å²) in [5, 5.41) is 8.62. The molecule has 0 amide bonds. The third kappa shape index (κ3) is 3.65. The molecule has 5 nitrogen and oxygen atoms in total. The predicted octanol–water partition coefficient (Wildman–Crippen LogP) is 0.320. The normalized spacial score (nSPS) is 16.3. The monoisotopic (exact) mass is 236 g/mol. The van der Waals surface area contributed by atoms with Crippen molar-refractivity contribution in [1.82, 2.24) is 9.88 Å². The van der Waals surface area contributed by atoms with E-state index in [2.05, 4.69) is 9.88 Å². The fourth-order valence-electron chi connectivity index (χ4n) is 1.61. The van der Waals surface area contributed by atoms with Gasteiger partial charge in [0, 0.05) is 0 Å². The standard InChI is InChI=1S/C9H12N2O3.K.H/c12-9(13)7-6-14-8(10-7)5-11-3-1-2-4-11;;/h6H,1-5H2,(H,12,13);;. The summed E-state index contributed by atoms with van der Waals surface area (Å²) in [5.41, 5.74) is -0.0146. The Hall–Kier alpha value is 0.276. The van der Waals surface area contributed by atoms with E-state index in [1.54, 1.807) is 0 Å². The van der Waals surface area contributed by atoms with E-state index >= 15 is 0 Å². The summed E-state index contributed by atoms with van der Waals surface area (Å²) in [7, 11) is 0. The van der Waals surface area contributed by atoms with Gasteiger partial charge in [0.05, 0.1) is 6.54 Å². The number of rotatable bonds is 3. The van der Waals surface area contributed by atoms with Crippen LogP contribution in [0.25, 0.3) is 0 Å². The van der Waals surface area contributed by atoms with Crippen molar-refractivity contribution >= 4 is 57.4 Å². The first-order chi connectivity index (χ1) is 6.75. The molecular weight excluding hydrogens is 223 g/mol. The minimum atomic E-state index is -1.04. The van der Waals surface area contributed by atoms with Gasteiger partial charge in [-0.25, -0.2) is 9.78 Å². The fraction of sp³-hybridized carbons (Fsp3) is 0.556. The van der Waals surface area contributed by atoms with Gasteiger partial charge in [0.25, 0.3) is 0 Å². The van der Waals surface area contributed by atoms with Crippen molar-refractivity contribution < 1.29 is 14.3 Å². The first kappa shape index (κ1) is 13.3. The number of aromatic nitrogens is 1. The average Bonchev–Trinajstić information content (AvgIpc) is 2.75. The quantitative estimate of drug-likeness (QED) is 0.766. The van der Waals surface area contributed by atoms with Gasteiger partial charge in [-0.2, -0.15) is 0 Å². The molecule has 1 saturated heterocycles. The molecule has 0 unspecified atom stereocenters. The van der Waals surface area contributed by atoms with E-state index in [1.807, 2.05) is 0 Å². The molecule has 1 N–H and O–H groups in total. The van der Waals surface area contributed by atoms with Crippen molar-refractivity contribution in [2.75, 3.05) is 13.1 Å². The topological polar surface area (TPSA) is 66.6 Å². The van der Waals surface area contributed by atoms with E-state index in [-0.39, 0.29) is 57.1 Å². The second-order valence-electron chi connectivity index (χ2n) is 3.41. The number of carboxylic acids is 1. The van der Waals surface area contributed by atoms with Gasteiger partial charge < -0.3 is 9.52 Å². The maximum atomic E-state index is 10.5. The summed E-state index contributed by atoms with van der Waals surface area (Å²) in [6, 6.07) is 0. The molecule has 0 atom stereocenters. The summed E-state index contributed by atoms with van der Waals surface area (Å²) in [4.78, 5) is 16.6. The van der Waals surface area contributed by atoms with Crippen LogP contribution in [-0.2, 0) is 6.54 Å². The van der Waals surface area contributed by atoms with Gasteiger partial charge in [-0.05, 0) is 25.9 Å². The Labute approximate surface area is 130 Å². The van der Waals surface area contributed by atoms with Crippen LogP contribution in [-0.4, -0.2) is 85.4 Å². The van der Waals surface area contributed by atoms with Gasteiger partial charge in [-0.3, -0.25) is 4.90 Å². The van der Waals surface area contributed by atoms with Crippen LogP contribution in [0.4, 0.5) is 0 Å². The Bertz CT molecular complexity index is 334. The number of nitrogens with zero attached hydrogens (tertiary/aromatic N) is 2. The Balaban J connectivity index is 0.00000112. The van der Waals surface area contributed by atoms with Crippen molar-refractivity contribution in [2.45, 2.75) is 19.4 Å². The Morgan fingerprint density at radius 2 is 2.20 bits per heavy atom. The molecule has 78 valence electrons. The summed E-state index contributed by atoms with van der Waals surface area (Å²) in [6.45, 7) is 2.71. The van der Waals surface area contributed by atoms with Crippen LogP contribution in [0, 0.1) is 0 Å². The van der Waals surface area contributed by atoms with Crippen LogP contribution in [0.2, 0.25) is 0 Å². The maximum absolute atomic E-state index is 10.5. The molecular formula is C9H13KN2O3. The van der Waals surface area contributed by atoms with Crippen LogP contribution in [0.5, 0.6) is 0 Å². The molecule has 2 rings (SSSR count). The molecule has 1 fully saturated rings. The second kappa shape index (κ2) is 6.12. The van der Waals surface area contributed by atoms with Crippen molar-refractivity contribution in [1.29, 1.82) is 0 Å². The molecule has 1 aliphatic rings. The average molecular weight is 236 g/mol. The molecule has 0 spiro atoms. The molecule has 1 aliphatic heterocycles. The zero-order valence-corrected chi connectivity index (χ0v) is 7.77. The summed E-state index contributed by atoms with van der Waals surface area (Å²) in [5.74, 6) is -0.550. The fourth-order valence-corrected chi connectivity index (χ4v) is 1.61. The summed E-state index contributed by atoms with van der Waals surface area (Å²) in [6.07, 6.45) is 3.59. The molecule has 2 heterocycles. The van der Waals surface area contributed by atoms with Crippen LogP contribution < -0.4 is 0 Å². The van der Waals surface area contributed by atoms with E-state index in [9.17, 15) is 4.79 Å². The van der Waals surface area contributed by atoms with Crippen LogP contribution in [0.15, 0.2) is 10.7 Å². The first-order valence-electron chi connectivity index (χ1n) is 4.66. The Morgan fingerprint density at radius 3 is 2.73 bits per heavy atom. The molecule has 0 radical (unpaired) electrons. The number of aromatic carboxylic acids is 1. The number of carboxylic acid groups (broad SMARTS) is 1. The predicted molar refractivity (Wildman–Crippen MR) is 55.1 cm³/mol. The zero-order chi connectivity index (χ0) is 9.97. The van der Waals surface area contributed by atoms with Gasteiger partial charge >= 0.3 is 57.4 Å². The number of oxazole rings is 1. The van der Waals surface area contributed by atoms with Gasteiger partial charge in [0.15, 0.2) is 5.69 Å². The molecule has 15 heavy (non-hydrogen) atoms. The molecule has 0 aromatic carbocycles. The Morgan fingerprint density at radius 1 is 1.53 bits per heavy atom. The van der Waals surface area contributed by atoms with Gasteiger partial charge in [-0.1, -0.05) is 0 Å². The van der Waals surface area contributed by atoms with E-state index in [4.69, 9.17) is 9.52 Å². The Kier molecular flexibility index (Phi) is 5.44. The minimum absolute atomic E-state index is 0. The number of hydrogen-bond acceptors (Lipinski definition) is 4. The van der Waals surface area contributed by atoms with Crippen LogP contribution >= 0.6 is 0 Å².